The van der Waals surface area contributed by atoms with Gasteiger partial charge >= 0.3 is 0 Å². The maximum atomic E-state index is 12.8. The molecule has 23 heavy (non-hydrogen) atoms. The first-order chi connectivity index (χ1) is 11.2. The maximum Gasteiger partial charge on any atom is 0.266 e. The lowest BCUT2D eigenvalue weighted by atomic mass is 9.92. The van der Waals surface area contributed by atoms with Crippen LogP contribution < -0.4 is 0 Å². The molecule has 0 bridgehead atoms. The van der Waals surface area contributed by atoms with E-state index in [1.165, 1.54) is 0 Å². The lowest BCUT2D eigenvalue weighted by Crippen LogP contribution is -2.39. The Morgan fingerprint density at radius 1 is 1.43 bits per heavy atom. The van der Waals surface area contributed by atoms with Gasteiger partial charge in [-0.25, -0.2) is 0 Å². The largest absolute Gasteiger partial charge is 0.429 e. The highest BCUT2D eigenvalue weighted by Gasteiger charge is 2.26. The molecule has 0 radical (unpaired) electrons. The Kier molecular flexibility index (Phi) is 3.49. The van der Waals surface area contributed by atoms with Crippen LogP contribution in [0.25, 0.3) is 11.1 Å². The zero-order valence-electron chi connectivity index (χ0n) is 12.4. The van der Waals surface area contributed by atoms with E-state index >= 15 is 0 Å². The third kappa shape index (κ3) is 2.68. The van der Waals surface area contributed by atoms with Crippen molar-refractivity contribution in [3.8, 4) is 0 Å². The Morgan fingerprint density at radius 2 is 2.35 bits per heavy atom. The summed E-state index contributed by atoms with van der Waals surface area (Å²) in [5, 5.41) is 6.85. The second-order valence-corrected chi connectivity index (χ2v) is 6.22. The molecule has 1 aromatic carbocycles. The number of carbonyl (C=O) groups is 1. The number of aromatic amines is 2. The van der Waals surface area contributed by atoms with Crippen LogP contribution >= 0.6 is 12.2 Å². The van der Waals surface area contributed by atoms with Gasteiger partial charge in [0.05, 0.1) is 11.7 Å². The van der Waals surface area contributed by atoms with Crippen molar-refractivity contribution >= 4 is 29.2 Å². The number of nitrogens with one attached hydrogen (secondary N) is 2. The summed E-state index contributed by atoms with van der Waals surface area (Å²) in [6, 6.07) is 5.40. The van der Waals surface area contributed by atoms with Gasteiger partial charge < -0.3 is 14.3 Å². The van der Waals surface area contributed by atoms with E-state index in [1.54, 1.807) is 6.07 Å². The van der Waals surface area contributed by atoms with E-state index in [1.807, 2.05) is 29.4 Å². The number of rotatable bonds is 2. The molecule has 3 aromatic rings. The molecule has 118 valence electrons. The normalized spacial score (nSPS) is 18.4. The van der Waals surface area contributed by atoms with Crippen LogP contribution in [0.3, 0.4) is 0 Å². The Hall–Kier alpha value is -2.41. The lowest BCUT2D eigenvalue weighted by molar-refractivity contribution is 0.0707. The SMILES string of the molecule is O=C(c1ccc2[nH]c(=S)oc2c1)N1CCCC(c2cn[nH]c2)C1. The number of benzene rings is 1. The minimum Gasteiger partial charge on any atom is -0.429 e. The van der Waals surface area contributed by atoms with Crippen LogP contribution in [-0.2, 0) is 0 Å². The van der Waals surface area contributed by atoms with Gasteiger partial charge in [0, 0.05) is 30.8 Å². The summed E-state index contributed by atoms with van der Waals surface area (Å²) < 4.78 is 5.40. The van der Waals surface area contributed by atoms with E-state index in [-0.39, 0.29) is 5.91 Å². The number of nitrogens with zero attached hydrogens (tertiary/aromatic N) is 2. The van der Waals surface area contributed by atoms with Gasteiger partial charge in [-0.15, -0.1) is 0 Å². The smallest absolute Gasteiger partial charge is 0.266 e. The van der Waals surface area contributed by atoms with Crippen molar-refractivity contribution in [1.82, 2.24) is 20.1 Å². The van der Waals surface area contributed by atoms with Gasteiger partial charge in [-0.05, 0) is 48.8 Å². The molecule has 0 aliphatic carbocycles. The summed E-state index contributed by atoms with van der Waals surface area (Å²) in [5.74, 6) is 0.369. The molecule has 1 atom stereocenters. The number of carbonyl (C=O) groups excluding carboxylic acids is 1. The standard InChI is InChI=1S/C16H16N4O2S/c21-15(10-3-4-13-14(6-10)22-16(23)19-13)20-5-1-2-11(9-20)12-7-17-18-8-12/h3-4,6-8,11H,1-2,5,9H2,(H,17,18)(H,19,23). The summed E-state index contributed by atoms with van der Waals surface area (Å²) in [4.78, 5) is 18.0. The third-order valence-electron chi connectivity index (χ3n) is 4.37. The monoisotopic (exact) mass is 328 g/mol. The topological polar surface area (TPSA) is 77.9 Å². The van der Waals surface area contributed by atoms with Gasteiger partial charge in [0.15, 0.2) is 5.58 Å². The zero-order valence-corrected chi connectivity index (χ0v) is 13.2. The first kappa shape index (κ1) is 14.2. The van der Waals surface area contributed by atoms with Crippen molar-refractivity contribution in [3.63, 3.8) is 0 Å². The molecule has 3 heterocycles. The number of aromatic nitrogens is 3. The highest BCUT2D eigenvalue weighted by Crippen LogP contribution is 2.27. The number of fused-ring (bicyclic) bond motifs is 1. The molecule has 1 aliphatic heterocycles. The quantitative estimate of drug-likeness (QED) is 0.708. The van der Waals surface area contributed by atoms with Gasteiger partial charge in [-0.1, -0.05) is 0 Å². The summed E-state index contributed by atoms with van der Waals surface area (Å²) in [7, 11) is 0. The second kappa shape index (κ2) is 5.66. The van der Waals surface area contributed by atoms with Crippen LogP contribution in [0, 0.1) is 4.84 Å². The van der Waals surface area contributed by atoms with E-state index in [2.05, 4.69) is 15.2 Å². The van der Waals surface area contributed by atoms with E-state index in [0.717, 1.165) is 30.5 Å². The van der Waals surface area contributed by atoms with Crippen LogP contribution in [0.4, 0.5) is 0 Å². The summed E-state index contributed by atoms with van der Waals surface area (Å²) in [6.45, 7) is 1.49. The minimum atomic E-state index is 0.0300. The second-order valence-electron chi connectivity index (χ2n) is 5.85. The summed E-state index contributed by atoms with van der Waals surface area (Å²) in [5.41, 5.74) is 3.21. The average Bonchev–Trinajstić information content (AvgIpc) is 3.22. The average molecular weight is 328 g/mol. The highest BCUT2D eigenvalue weighted by atomic mass is 32.1. The number of oxazole rings is 1. The number of hydrogen-bond donors (Lipinski definition) is 2. The predicted octanol–water partition coefficient (Wildman–Crippen LogP) is 3.23. The molecule has 4 rings (SSSR count). The Morgan fingerprint density at radius 3 is 3.17 bits per heavy atom. The molecule has 7 heteroatoms. The van der Waals surface area contributed by atoms with E-state index in [4.69, 9.17) is 16.6 Å². The van der Waals surface area contributed by atoms with Crippen molar-refractivity contribution in [2.45, 2.75) is 18.8 Å². The molecular formula is C16H16N4O2S. The van der Waals surface area contributed by atoms with E-state index in [9.17, 15) is 4.79 Å². The van der Waals surface area contributed by atoms with Gasteiger partial charge in [-0.2, -0.15) is 5.10 Å². The number of hydrogen-bond acceptors (Lipinski definition) is 4. The Bertz CT molecular complexity index is 896. The van der Waals surface area contributed by atoms with Gasteiger partial charge in [0.2, 0.25) is 0 Å². The Labute approximate surface area is 137 Å². The molecule has 1 aliphatic rings. The molecule has 1 amide bonds. The summed E-state index contributed by atoms with van der Waals surface area (Å²) >= 11 is 4.98. The van der Waals surface area contributed by atoms with E-state index < -0.39 is 0 Å². The molecule has 2 aromatic heterocycles. The molecule has 6 nitrogen and oxygen atoms in total. The van der Waals surface area contributed by atoms with Gasteiger partial charge in [0.1, 0.15) is 0 Å². The van der Waals surface area contributed by atoms with Crippen LogP contribution in [0.5, 0.6) is 0 Å². The number of likely N-dealkylation sites (tertiary alicyclic amines) is 1. The fraction of sp³-hybridized carbons (Fsp3) is 0.312. The zero-order chi connectivity index (χ0) is 15.8. The highest BCUT2D eigenvalue weighted by molar-refractivity contribution is 7.71. The molecule has 2 N–H and O–H groups in total. The molecule has 0 saturated carbocycles. The summed E-state index contributed by atoms with van der Waals surface area (Å²) in [6.07, 6.45) is 5.83. The molecule has 1 unspecified atom stereocenters. The van der Waals surface area contributed by atoms with Crippen LogP contribution in [0.2, 0.25) is 0 Å². The number of H-pyrrole nitrogens is 2. The van der Waals surface area contributed by atoms with Crippen LogP contribution in [-0.4, -0.2) is 39.1 Å². The van der Waals surface area contributed by atoms with E-state index in [0.29, 0.717) is 28.4 Å². The van der Waals surface area contributed by atoms with Crippen molar-refractivity contribution in [3.05, 3.63) is 46.6 Å². The van der Waals surface area contributed by atoms with Crippen molar-refractivity contribution < 1.29 is 9.21 Å². The van der Waals surface area contributed by atoms with Gasteiger partial charge in [-0.3, -0.25) is 9.89 Å². The maximum absolute atomic E-state index is 12.8. The first-order valence-corrected chi connectivity index (χ1v) is 8.02. The third-order valence-corrected chi connectivity index (χ3v) is 4.55. The van der Waals surface area contributed by atoms with Crippen LogP contribution in [0.15, 0.2) is 35.0 Å². The number of piperidine rings is 1. The molecule has 0 spiro atoms. The number of amides is 1. The fourth-order valence-electron chi connectivity index (χ4n) is 3.18. The molecule has 1 saturated heterocycles. The minimum absolute atomic E-state index is 0.0300. The fourth-order valence-corrected chi connectivity index (χ4v) is 3.38. The van der Waals surface area contributed by atoms with Crippen molar-refractivity contribution in [1.29, 1.82) is 0 Å². The molecular weight excluding hydrogens is 312 g/mol. The van der Waals surface area contributed by atoms with Gasteiger partial charge in [0.25, 0.3) is 10.7 Å². The van der Waals surface area contributed by atoms with Crippen molar-refractivity contribution in [2.24, 2.45) is 0 Å². The predicted molar refractivity (Wildman–Crippen MR) is 87.9 cm³/mol. The first-order valence-electron chi connectivity index (χ1n) is 7.61. The molecule has 1 fully saturated rings. The lowest BCUT2D eigenvalue weighted by Gasteiger charge is -2.32. The van der Waals surface area contributed by atoms with Crippen molar-refractivity contribution in [2.75, 3.05) is 13.1 Å². The van der Waals surface area contributed by atoms with Crippen LogP contribution in [0.1, 0.15) is 34.7 Å². The Balaban J connectivity index is 1.58.